The van der Waals surface area contributed by atoms with Crippen molar-refractivity contribution in [3.05, 3.63) is 102 Å². The van der Waals surface area contributed by atoms with Crippen LogP contribution in [0.5, 0.6) is 0 Å². The summed E-state index contributed by atoms with van der Waals surface area (Å²) >= 11 is 0. The molecule has 1 unspecified atom stereocenters. The minimum Gasteiger partial charge on any atom is -0.254 e. The van der Waals surface area contributed by atoms with E-state index in [4.69, 9.17) is 9.98 Å². The van der Waals surface area contributed by atoms with Crippen LogP contribution in [0.2, 0.25) is 0 Å². The van der Waals surface area contributed by atoms with Crippen LogP contribution in [0.4, 0.5) is 5.69 Å². The number of nitrogens with zero attached hydrogens (tertiary/aromatic N) is 3. The smallest absolute Gasteiger partial charge is 0.0968 e. The Kier molecular flexibility index (Phi) is 4.28. The molecule has 3 nitrogen and oxygen atoms in total. The van der Waals surface area contributed by atoms with Crippen molar-refractivity contribution in [3.63, 3.8) is 0 Å². The number of aliphatic imine (C=N–C) groups is 1. The number of hydrogen-bond donors (Lipinski definition) is 0. The largest absolute Gasteiger partial charge is 0.254 e. The number of para-hydroxylation sites is 1. The fraction of sp³-hybridized carbons (Fsp3) is 0.115. The lowest BCUT2D eigenvalue weighted by molar-refractivity contribution is 1.05. The second-order valence-electron chi connectivity index (χ2n) is 7.45. The van der Waals surface area contributed by atoms with Gasteiger partial charge in [0.2, 0.25) is 0 Å². The van der Waals surface area contributed by atoms with Crippen LogP contribution in [0.1, 0.15) is 22.7 Å². The Balaban J connectivity index is 1.66. The summed E-state index contributed by atoms with van der Waals surface area (Å²) in [5, 5.41) is 2.21. The molecule has 5 rings (SSSR count). The van der Waals surface area contributed by atoms with Crippen LogP contribution in [0.3, 0.4) is 0 Å². The Morgan fingerprint density at radius 2 is 1.55 bits per heavy atom. The molecule has 0 bridgehead atoms. The van der Waals surface area contributed by atoms with Gasteiger partial charge in [0, 0.05) is 17.0 Å². The van der Waals surface area contributed by atoms with Crippen LogP contribution >= 0.6 is 0 Å². The van der Waals surface area contributed by atoms with E-state index >= 15 is 0 Å². The van der Waals surface area contributed by atoms with Crippen molar-refractivity contribution in [1.29, 1.82) is 0 Å². The second kappa shape index (κ2) is 7.10. The Bertz CT molecular complexity index is 1310. The van der Waals surface area contributed by atoms with Crippen molar-refractivity contribution in [2.75, 3.05) is 0 Å². The summed E-state index contributed by atoms with van der Waals surface area (Å²) in [4.78, 5) is 14.7. The summed E-state index contributed by atoms with van der Waals surface area (Å²) in [5.41, 5.74) is 7.28. The minimum atomic E-state index is 0.0161. The molecule has 140 valence electrons. The lowest BCUT2D eigenvalue weighted by atomic mass is 9.93. The van der Waals surface area contributed by atoms with E-state index in [-0.39, 0.29) is 5.92 Å². The monoisotopic (exact) mass is 375 g/mol. The number of aromatic nitrogens is 2. The molecule has 4 aromatic rings. The van der Waals surface area contributed by atoms with Gasteiger partial charge in [0.15, 0.2) is 0 Å². The normalized spacial score (nSPS) is 17.4. The molecule has 29 heavy (non-hydrogen) atoms. The van der Waals surface area contributed by atoms with E-state index in [0.717, 1.165) is 38.9 Å². The van der Waals surface area contributed by atoms with E-state index in [2.05, 4.69) is 85.6 Å². The standard InChI is InChI=1S/C26H21N3/c1-17-7-5-8-18(2)24(17)28-22-11-4-3-10-21(22)23-15-14-20-13-12-19-9-6-16-27-25(19)26(20)29-23/h3-16,21H,1-2H3. The van der Waals surface area contributed by atoms with Crippen LogP contribution in [0.25, 0.3) is 21.8 Å². The number of benzene rings is 2. The average molecular weight is 375 g/mol. The molecule has 2 aromatic heterocycles. The highest BCUT2D eigenvalue weighted by Gasteiger charge is 2.19. The molecule has 1 aliphatic carbocycles. The summed E-state index contributed by atoms with van der Waals surface area (Å²) in [6.45, 7) is 4.21. The molecule has 0 radical (unpaired) electrons. The summed E-state index contributed by atoms with van der Waals surface area (Å²) in [7, 11) is 0. The Hall–Kier alpha value is -3.59. The molecule has 0 aliphatic heterocycles. The van der Waals surface area contributed by atoms with Crippen molar-refractivity contribution in [2.45, 2.75) is 19.8 Å². The lowest BCUT2D eigenvalue weighted by Crippen LogP contribution is -2.12. The number of aryl methyl sites for hydroxylation is 2. The van der Waals surface area contributed by atoms with Crippen LogP contribution in [0.15, 0.2) is 90.1 Å². The van der Waals surface area contributed by atoms with Crippen molar-refractivity contribution in [3.8, 4) is 0 Å². The van der Waals surface area contributed by atoms with Crippen LogP contribution in [-0.4, -0.2) is 15.7 Å². The van der Waals surface area contributed by atoms with Gasteiger partial charge in [-0.25, -0.2) is 4.98 Å². The molecule has 0 saturated carbocycles. The predicted octanol–water partition coefficient (Wildman–Crippen LogP) is 6.38. The SMILES string of the molecule is Cc1cccc(C)c1N=C1C=CC=CC1c1ccc2ccc3cccnc3c2n1. The van der Waals surface area contributed by atoms with E-state index in [0.29, 0.717) is 0 Å². The first-order chi connectivity index (χ1) is 14.2. The highest BCUT2D eigenvalue weighted by atomic mass is 14.8. The van der Waals surface area contributed by atoms with Gasteiger partial charge in [-0.3, -0.25) is 9.98 Å². The summed E-state index contributed by atoms with van der Waals surface area (Å²) in [6, 6.07) is 18.8. The molecule has 2 aromatic carbocycles. The van der Waals surface area contributed by atoms with Gasteiger partial charge < -0.3 is 0 Å². The van der Waals surface area contributed by atoms with Gasteiger partial charge >= 0.3 is 0 Å². The summed E-state index contributed by atoms with van der Waals surface area (Å²) in [5.74, 6) is 0.0161. The number of pyridine rings is 2. The maximum atomic E-state index is 5.04. The van der Waals surface area contributed by atoms with E-state index in [1.807, 2.05) is 18.3 Å². The Labute approximate surface area is 170 Å². The third kappa shape index (κ3) is 3.15. The molecule has 0 saturated heterocycles. The highest BCUT2D eigenvalue weighted by Crippen LogP contribution is 2.30. The molecular weight excluding hydrogens is 354 g/mol. The number of fused-ring (bicyclic) bond motifs is 3. The number of rotatable bonds is 2. The number of allylic oxidation sites excluding steroid dienone is 4. The van der Waals surface area contributed by atoms with Crippen molar-refractivity contribution in [2.24, 2.45) is 4.99 Å². The average Bonchev–Trinajstić information content (AvgIpc) is 2.76. The van der Waals surface area contributed by atoms with Crippen LogP contribution in [-0.2, 0) is 0 Å². The summed E-state index contributed by atoms with van der Waals surface area (Å²) in [6.07, 6.45) is 10.2. The summed E-state index contributed by atoms with van der Waals surface area (Å²) < 4.78 is 0. The topological polar surface area (TPSA) is 38.1 Å². The van der Waals surface area contributed by atoms with Gasteiger partial charge in [-0.15, -0.1) is 0 Å². The zero-order chi connectivity index (χ0) is 19.8. The Morgan fingerprint density at radius 1 is 0.793 bits per heavy atom. The molecule has 2 heterocycles. The zero-order valence-corrected chi connectivity index (χ0v) is 16.5. The fourth-order valence-electron chi connectivity index (χ4n) is 3.91. The first-order valence-electron chi connectivity index (χ1n) is 9.85. The molecule has 0 spiro atoms. The van der Waals surface area contributed by atoms with E-state index in [1.54, 1.807) is 0 Å². The van der Waals surface area contributed by atoms with Crippen molar-refractivity contribution in [1.82, 2.24) is 9.97 Å². The molecule has 0 fully saturated rings. The third-order valence-electron chi connectivity index (χ3n) is 5.45. The maximum Gasteiger partial charge on any atom is 0.0968 e. The number of hydrogen-bond acceptors (Lipinski definition) is 3. The predicted molar refractivity (Wildman–Crippen MR) is 121 cm³/mol. The van der Waals surface area contributed by atoms with Gasteiger partial charge in [0.05, 0.1) is 34.0 Å². The first kappa shape index (κ1) is 17.5. The Morgan fingerprint density at radius 3 is 2.38 bits per heavy atom. The van der Waals surface area contributed by atoms with Crippen molar-refractivity contribution < 1.29 is 0 Å². The van der Waals surface area contributed by atoms with Gasteiger partial charge in [-0.1, -0.05) is 60.7 Å². The van der Waals surface area contributed by atoms with E-state index in [9.17, 15) is 0 Å². The zero-order valence-electron chi connectivity index (χ0n) is 16.5. The van der Waals surface area contributed by atoms with Crippen LogP contribution in [0, 0.1) is 13.8 Å². The lowest BCUT2D eigenvalue weighted by Gasteiger charge is -2.17. The minimum absolute atomic E-state index is 0.0161. The van der Waals surface area contributed by atoms with Gasteiger partial charge in [-0.2, -0.15) is 0 Å². The van der Waals surface area contributed by atoms with Crippen molar-refractivity contribution >= 4 is 33.2 Å². The molecule has 3 heteroatoms. The quantitative estimate of drug-likeness (QED) is 0.381. The molecule has 0 amide bonds. The third-order valence-corrected chi connectivity index (χ3v) is 5.45. The second-order valence-corrected chi connectivity index (χ2v) is 7.45. The molecular formula is C26H21N3. The molecule has 1 aliphatic rings. The molecule has 0 N–H and O–H groups in total. The van der Waals surface area contributed by atoms with Crippen LogP contribution < -0.4 is 0 Å². The fourth-order valence-corrected chi connectivity index (χ4v) is 3.91. The molecule has 1 atom stereocenters. The highest BCUT2D eigenvalue weighted by molar-refractivity contribution is 6.06. The van der Waals surface area contributed by atoms with Gasteiger partial charge in [0.25, 0.3) is 0 Å². The van der Waals surface area contributed by atoms with E-state index in [1.165, 1.54) is 11.1 Å². The van der Waals surface area contributed by atoms with Gasteiger partial charge in [-0.05, 0) is 43.2 Å². The van der Waals surface area contributed by atoms with E-state index < -0.39 is 0 Å². The maximum absolute atomic E-state index is 5.04. The first-order valence-corrected chi connectivity index (χ1v) is 9.85. The van der Waals surface area contributed by atoms with Gasteiger partial charge in [0.1, 0.15) is 0 Å².